The molecule has 1 heterocycles. The number of hydrogen-bond acceptors (Lipinski definition) is 6. The van der Waals surface area contributed by atoms with Crippen LogP contribution in [0.25, 0.3) is 0 Å². The summed E-state index contributed by atoms with van der Waals surface area (Å²) in [7, 11) is -0.800. The first-order valence-corrected chi connectivity index (χ1v) is 8.84. The third kappa shape index (κ3) is 3.37. The molecule has 0 aliphatic carbocycles. The molecule has 0 unspecified atom stereocenters. The lowest BCUT2D eigenvalue weighted by Crippen LogP contribution is -2.51. The maximum absolute atomic E-state index is 12.5. The van der Waals surface area contributed by atoms with Crippen LogP contribution in [0, 0.1) is 0 Å². The van der Waals surface area contributed by atoms with Gasteiger partial charge in [0.15, 0.2) is 6.17 Å². The van der Waals surface area contributed by atoms with Gasteiger partial charge in [0.25, 0.3) is 5.91 Å². The summed E-state index contributed by atoms with van der Waals surface area (Å²) in [5.74, 6) is 0.397. The van der Waals surface area contributed by atoms with Gasteiger partial charge in [-0.2, -0.15) is 4.72 Å². The Kier molecular flexibility index (Phi) is 4.51. The third-order valence-electron chi connectivity index (χ3n) is 3.68. The lowest BCUT2D eigenvalue weighted by Gasteiger charge is -2.27. The quantitative estimate of drug-likeness (QED) is 0.758. The second kappa shape index (κ2) is 6.61. The zero-order valence-electron chi connectivity index (χ0n) is 13.6. The number of benzene rings is 2. The average Bonchev–Trinajstić information content (AvgIpc) is 2.61. The zero-order chi connectivity index (χ0) is 18.0. The van der Waals surface area contributed by atoms with Crippen molar-refractivity contribution in [2.24, 2.45) is 0 Å². The molecule has 0 bridgehead atoms. The molecule has 8 nitrogen and oxygen atoms in total. The van der Waals surface area contributed by atoms with Gasteiger partial charge in [0.1, 0.15) is 16.4 Å². The largest absolute Gasteiger partial charge is 0.497 e. The third-order valence-corrected chi connectivity index (χ3v) is 5.16. The molecule has 0 fully saturated rings. The topological polar surface area (TPSA) is 106 Å². The van der Waals surface area contributed by atoms with E-state index < -0.39 is 22.1 Å². The van der Waals surface area contributed by atoms with Crippen LogP contribution >= 0.6 is 0 Å². The minimum absolute atomic E-state index is 0.0982. The lowest BCUT2D eigenvalue weighted by molar-refractivity contribution is -0.117. The van der Waals surface area contributed by atoms with Crippen LogP contribution < -0.4 is 24.8 Å². The molecule has 0 radical (unpaired) electrons. The Morgan fingerprint density at radius 3 is 2.60 bits per heavy atom. The monoisotopic (exact) mass is 363 g/mol. The molecule has 25 heavy (non-hydrogen) atoms. The summed E-state index contributed by atoms with van der Waals surface area (Å²) in [4.78, 5) is 12.6. The number of para-hydroxylation sites is 1. The molecule has 132 valence electrons. The summed E-state index contributed by atoms with van der Waals surface area (Å²) < 4.78 is 37.2. The predicted octanol–water partition coefficient (Wildman–Crippen LogP) is 1.37. The first kappa shape index (κ1) is 17.1. The molecule has 1 aliphatic rings. The van der Waals surface area contributed by atoms with Gasteiger partial charge in [-0.3, -0.25) is 4.79 Å². The van der Waals surface area contributed by atoms with Gasteiger partial charge in [-0.1, -0.05) is 12.1 Å². The molecule has 9 heteroatoms. The van der Waals surface area contributed by atoms with Crippen LogP contribution in [-0.4, -0.2) is 34.7 Å². The summed E-state index contributed by atoms with van der Waals surface area (Å²) in [5.41, 5.74) is 0.760. The van der Waals surface area contributed by atoms with Crippen LogP contribution in [0.5, 0.6) is 11.5 Å². The molecule has 2 aromatic rings. The van der Waals surface area contributed by atoms with E-state index in [-0.39, 0.29) is 4.90 Å². The van der Waals surface area contributed by atoms with E-state index in [1.54, 1.807) is 36.4 Å². The van der Waals surface area contributed by atoms with Crippen molar-refractivity contribution in [2.45, 2.75) is 11.1 Å². The molecule has 0 spiro atoms. The Hall–Kier alpha value is -2.78. The van der Waals surface area contributed by atoms with Crippen molar-refractivity contribution in [2.75, 3.05) is 24.9 Å². The molecule has 1 atom stereocenters. The average molecular weight is 363 g/mol. The normalized spacial score (nSPS) is 17.8. The second-order valence-electron chi connectivity index (χ2n) is 5.25. The van der Waals surface area contributed by atoms with E-state index in [0.717, 1.165) is 0 Å². The van der Waals surface area contributed by atoms with Crippen LogP contribution in [0.15, 0.2) is 47.4 Å². The number of fused-ring (bicyclic) bond motifs is 1. The van der Waals surface area contributed by atoms with Gasteiger partial charge in [0.2, 0.25) is 10.0 Å². The maximum Gasteiger partial charge on any atom is 0.263 e. The van der Waals surface area contributed by atoms with E-state index >= 15 is 0 Å². The van der Waals surface area contributed by atoms with Crippen LogP contribution in [0.1, 0.15) is 0 Å². The Labute approximate surface area is 145 Å². The fourth-order valence-electron chi connectivity index (χ4n) is 2.45. The van der Waals surface area contributed by atoms with Gasteiger partial charge in [0, 0.05) is 6.07 Å². The van der Waals surface area contributed by atoms with Crippen molar-refractivity contribution in [1.29, 1.82) is 0 Å². The van der Waals surface area contributed by atoms with Crippen molar-refractivity contribution in [3.63, 3.8) is 0 Å². The van der Waals surface area contributed by atoms with Gasteiger partial charge in [-0.15, -0.1) is 0 Å². The van der Waals surface area contributed by atoms with Gasteiger partial charge >= 0.3 is 0 Å². The van der Waals surface area contributed by atoms with Crippen molar-refractivity contribution < 1.29 is 22.7 Å². The highest BCUT2D eigenvalue weighted by Crippen LogP contribution is 2.30. The summed E-state index contributed by atoms with van der Waals surface area (Å²) in [6, 6.07) is 11.2. The highest BCUT2D eigenvalue weighted by atomic mass is 32.2. The van der Waals surface area contributed by atoms with E-state index in [2.05, 4.69) is 15.4 Å². The number of methoxy groups -OCH3 is 2. The van der Waals surface area contributed by atoms with Crippen LogP contribution in [0.2, 0.25) is 0 Å². The van der Waals surface area contributed by atoms with Crippen molar-refractivity contribution in [3.8, 4) is 11.5 Å². The van der Waals surface area contributed by atoms with Crippen molar-refractivity contribution in [3.05, 3.63) is 42.5 Å². The van der Waals surface area contributed by atoms with Gasteiger partial charge in [-0.25, -0.2) is 8.42 Å². The number of hydrogen-bond donors (Lipinski definition) is 3. The second-order valence-corrected chi connectivity index (χ2v) is 6.93. The molecular weight excluding hydrogens is 346 g/mol. The molecule has 2 aromatic carbocycles. The van der Waals surface area contributed by atoms with Gasteiger partial charge in [-0.05, 0) is 24.3 Å². The highest BCUT2D eigenvalue weighted by Gasteiger charge is 2.33. The number of sulfonamides is 1. The number of nitrogens with one attached hydrogen (secondary N) is 3. The number of amides is 1. The Balaban J connectivity index is 1.84. The Morgan fingerprint density at radius 1 is 1.12 bits per heavy atom. The van der Waals surface area contributed by atoms with Gasteiger partial charge < -0.3 is 20.1 Å². The molecule has 3 rings (SSSR count). The number of anilines is 2. The highest BCUT2D eigenvalue weighted by molar-refractivity contribution is 7.89. The standard InChI is InChI=1S/C16H17N3O5S/c1-23-10-7-8-11(13(9-10)24-2)18-16(20)15-17-12-5-3-4-6-14(12)25(21,22)19-15/h3-9,15,17,19H,1-2H3,(H,18,20)/t15-/m0/s1. The predicted molar refractivity (Wildman–Crippen MR) is 92.3 cm³/mol. The SMILES string of the molecule is COc1ccc(NC(=O)[C@H]2Nc3ccccc3S(=O)(=O)N2)c(OC)c1. The minimum Gasteiger partial charge on any atom is -0.497 e. The molecular formula is C16H17N3O5S. The van der Waals surface area contributed by atoms with Crippen molar-refractivity contribution in [1.82, 2.24) is 4.72 Å². The lowest BCUT2D eigenvalue weighted by atomic mass is 10.2. The van der Waals surface area contributed by atoms with E-state index in [1.807, 2.05) is 0 Å². The first-order valence-electron chi connectivity index (χ1n) is 7.35. The number of carbonyl (C=O) groups is 1. The van der Waals surface area contributed by atoms with E-state index in [0.29, 0.717) is 22.9 Å². The Morgan fingerprint density at radius 2 is 1.88 bits per heavy atom. The number of ether oxygens (including phenoxy) is 2. The summed E-state index contributed by atoms with van der Waals surface area (Å²) in [6.45, 7) is 0. The van der Waals surface area contributed by atoms with E-state index in [4.69, 9.17) is 9.47 Å². The maximum atomic E-state index is 12.5. The fourth-order valence-corrected chi connectivity index (χ4v) is 3.73. The zero-order valence-corrected chi connectivity index (χ0v) is 14.4. The molecule has 0 saturated heterocycles. The van der Waals surface area contributed by atoms with Crippen LogP contribution in [0.4, 0.5) is 11.4 Å². The summed E-state index contributed by atoms with van der Waals surface area (Å²) >= 11 is 0. The van der Waals surface area contributed by atoms with Crippen LogP contribution in [0.3, 0.4) is 0 Å². The van der Waals surface area contributed by atoms with E-state index in [9.17, 15) is 13.2 Å². The molecule has 1 amide bonds. The number of carbonyl (C=O) groups excluding carboxylic acids is 1. The molecule has 0 saturated carbocycles. The molecule has 1 aliphatic heterocycles. The molecule has 0 aromatic heterocycles. The summed E-state index contributed by atoms with van der Waals surface area (Å²) in [5, 5.41) is 5.51. The smallest absolute Gasteiger partial charge is 0.263 e. The fraction of sp³-hybridized carbons (Fsp3) is 0.188. The van der Waals surface area contributed by atoms with Crippen molar-refractivity contribution >= 4 is 27.3 Å². The van der Waals surface area contributed by atoms with Gasteiger partial charge in [0.05, 0.1) is 25.6 Å². The number of rotatable bonds is 4. The Bertz CT molecular complexity index is 914. The summed E-state index contributed by atoms with van der Waals surface area (Å²) in [6.07, 6.45) is -1.15. The van der Waals surface area contributed by atoms with Crippen LogP contribution in [-0.2, 0) is 14.8 Å². The minimum atomic E-state index is -3.78. The molecule has 3 N–H and O–H groups in total. The van der Waals surface area contributed by atoms with E-state index in [1.165, 1.54) is 20.3 Å². The first-order chi connectivity index (χ1) is 11.9.